The van der Waals surface area contributed by atoms with Crippen molar-refractivity contribution in [2.45, 2.75) is 6.82 Å². The fraction of sp³-hybridized carbons (Fsp3) is 0.0769. The molecule has 0 saturated carbocycles. The van der Waals surface area contributed by atoms with Crippen LogP contribution in [-0.4, -0.2) is 17.2 Å². The van der Waals surface area contributed by atoms with E-state index in [4.69, 9.17) is 0 Å². The maximum atomic E-state index is 4.44. The van der Waals surface area contributed by atoms with Crippen molar-refractivity contribution >= 4 is 34.5 Å². The van der Waals surface area contributed by atoms with Crippen molar-refractivity contribution in [3.63, 3.8) is 0 Å². The van der Waals surface area contributed by atoms with Crippen molar-refractivity contribution in [3.05, 3.63) is 42.7 Å². The first-order valence-corrected chi connectivity index (χ1v) is 5.32. The number of pyridine rings is 2. The summed E-state index contributed by atoms with van der Waals surface area (Å²) in [5.41, 5.74) is 3.17. The third kappa shape index (κ3) is 1.28. The van der Waals surface area contributed by atoms with Gasteiger partial charge in [0.2, 0.25) is 0 Å². The zero-order valence-corrected chi connectivity index (χ0v) is 9.01. The Morgan fingerprint density at radius 1 is 1.00 bits per heavy atom. The zero-order valence-electron chi connectivity index (χ0n) is 9.01. The van der Waals surface area contributed by atoms with Crippen LogP contribution in [0.25, 0.3) is 21.8 Å². The van der Waals surface area contributed by atoms with Gasteiger partial charge in [0.15, 0.2) is 0 Å². The van der Waals surface area contributed by atoms with Gasteiger partial charge >= 0.3 is 0 Å². The van der Waals surface area contributed by atoms with Crippen LogP contribution < -0.4 is 5.46 Å². The molecule has 0 fully saturated rings. The normalized spacial score (nSPS) is 10.8. The number of hydrogen-bond donors (Lipinski definition) is 0. The molecule has 3 aromatic rings. The molecule has 0 unspecified atom stereocenters. The topological polar surface area (TPSA) is 25.8 Å². The average molecular weight is 205 g/mol. The van der Waals surface area contributed by atoms with Gasteiger partial charge in [-0.25, -0.2) is 0 Å². The largest absolute Gasteiger partial charge is 0.254 e. The number of nitrogens with zero attached hydrogens (tertiary/aromatic N) is 2. The maximum absolute atomic E-state index is 4.44. The van der Waals surface area contributed by atoms with E-state index in [2.05, 4.69) is 35.4 Å². The van der Waals surface area contributed by atoms with E-state index in [0.29, 0.717) is 0 Å². The zero-order chi connectivity index (χ0) is 11.0. The van der Waals surface area contributed by atoms with Crippen LogP contribution in [0.5, 0.6) is 0 Å². The van der Waals surface area contributed by atoms with Gasteiger partial charge in [0.05, 0.1) is 11.0 Å². The molecule has 3 heteroatoms. The lowest BCUT2D eigenvalue weighted by atomic mass is 9.71. The highest BCUT2D eigenvalue weighted by molar-refractivity contribution is 6.56. The molecule has 16 heavy (non-hydrogen) atoms. The molecular weight excluding hydrogens is 195 g/mol. The fourth-order valence-corrected chi connectivity index (χ4v) is 2.04. The Kier molecular flexibility index (Phi) is 2.10. The molecule has 0 aliphatic heterocycles. The summed E-state index contributed by atoms with van der Waals surface area (Å²) in [6, 6.07) is 10.2. The van der Waals surface area contributed by atoms with Crippen molar-refractivity contribution in [1.82, 2.24) is 9.97 Å². The summed E-state index contributed by atoms with van der Waals surface area (Å²) in [5, 5.41) is 2.30. The van der Waals surface area contributed by atoms with Gasteiger partial charge in [-0.15, -0.1) is 0 Å². The summed E-state index contributed by atoms with van der Waals surface area (Å²) >= 11 is 0. The molecule has 0 atom stereocenters. The highest BCUT2D eigenvalue weighted by Gasteiger charge is 2.06. The predicted octanol–water partition coefficient (Wildman–Crippen LogP) is 2.16. The van der Waals surface area contributed by atoms with Crippen LogP contribution in [0.1, 0.15) is 0 Å². The first kappa shape index (κ1) is 9.34. The summed E-state index contributed by atoms with van der Waals surface area (Å²) in [6.07, 6.45) is 3.63. The van der Waals surface area contributed by atoms with E-state index in [1.54, 1.807) is 0 Å². The Balaban J connectivity index is 2.57. The molecule has 1 aromatic carbocycles. The first-order valence-electron chi connectivity index (χ1n) is 5.32. The van der Waals surface area contributed by atoms with Gasteiger partial charge in [0.25, 0.3) is 0 Å². The Morgan fingerprint density at radius 2 is 1.75 bits per heavy atom. The molecule has 2 nitrogen and oxygen atoms in total. The second kappa shape index (κ2) is 3.60. The van der Waals surface area contributed by atoms with E-state index >= 15 is 0 Å². The van der Waals surface area contributed by atoms with Gasteiger partial charge in [0.1, 0.15) is 7.28 Å². The van der Waals surface area contributed by atoms with Crippen LogP contribution in [0.3, 0.4) is 0 Å². The Bertz CT molecular complexity index is 664. The molecule has 0 saturated heterocycles. The quantitative estimate of drug-likeness (QED) is 0.449. The third-order valence-electron chi connectivity index (χ3n) is 2.80. The first-order chi connectivity index (χ1) is 7.90. The standard InChI is InChI=1S/C13H10BN2/c1-14-11-8-9-4-2-6-15-12(9)13-10(11)5-3-7-16-13/h2-8H,1H3. The number of aromatic nitrogens is 2. The lowest BCUT2D eigenvalue weighted by Crippen LogP contribution is -2.12. The number of fused-ring (bicyclic) bond motifs is 3. The smallest absolute Gasteiger partial charge is 0.149 e. The molecule has 0 N–H and O–H groups in total. The lowest BCUT2D eigenvalue weighted by Gasteiger charge is -2.06. The van der Waals surface area contributed by atoms with Crippen molar-refractivity contribution < 1.29 is 0 Å². The summed E-state index contributed by atoms with van der Waals surface area (Å²) < 4.78 is 0. The van der Waals surface area contributed by atoms with Gasteiger partial charge in [-0.05, 0) is 17.5 Å². The molecular formula is C13H10BN2. The van der Waals surface area contributed by atoms with E-state index in [1.165, 1.54) is 5.46 Å². The Hall–Kier alpha value is -1.90. The third-order valence-corrected chi connectivity index (χ3v) is 2.80. The van der Waals surface area contributed by atoms with Gasteiger partial charge in [0, 0.05) is 17.8 Å². The van der Waals surface area contributed by atoms with Gasteiger partial charge < -0.3 is 0 Å². The maximum Gasteiger partial charge on any atom is 0.149 e. The van der Waals surface area contributed by atoms with Gasteiger partial charge in [-0.3, -0.25) is 9.97 Å². The molecule has 0 amide bonds. The van der Waals surface area contributed by atoms with Crippen LogP contribution in [0.15, 0.2) is 42.7 Å². The van der Waals surface area contributed by atoms with E-state index in [-0.39, 0.29) is 0 Å². The summed E-state index contributed by atoms with van der Waals surface area (Å²) in [7, 11) is 2.11. The molecule has 0 spiro atoms. The fourth-order valence-electron chi connectivity index (χ4n) is 2.04. The van der Waals surface area contributed by atoms with Crippen LogP contribution in [0, 0.1) is 0 Å². The Morgan fingerprint density at radius 3 is 2.56 bits per heavy atom. The van der Waals surface area contributed by atoms with E-state index in [9.17, 15) is 0 Å². The SMILES string of the molecule is C[B]c1cc2cccnc2c2ncccc12. The van der Waals surface area contributed by atoms with Crippen LogP contribution >= 0.6 is 0 Å². The second-order valence-electron chi connectivity index (χ2n) is 3.73. The average Bonchev–Trinajstić information content (AvgIpc) is 2.38. The van der Waals surface area contributed by atoms with Gasteiger partial charge in [-0.2, -0.15) is 0 Å². The minimum Gasteiger partial charge on any atom is -0.254 e. The minimum atomic E-state index is 0.976. The molecule has 0 bridgehead atoms. The molecule has 2 heterocycles. The number of rotatable bonds is 1. The second-order valence-corrected chi connectivity index (χ2v) is 3.73. The molecule has 3 rings (SSSR count). The summed E-state index contributed by atoms with van der Waals surface area (Å²) in [6.45, 7) is 2.05. The van der Waals surface area contributed by atoms with Crippen molar-refractivity contribution in [1.29, 1.82) is 0 Å². The predicted molar refractivity (Wildman–Crippen MR) is 68.3 cm³/mol. The Labute approximate surface area is 94.6 Å². The van der Waals surface area contributed by atoms with Crippen LogP contribution in [0.2, 0.25) is 6.82 Å². The lowest BCUT2D eigenvalue weighted by molar-refractivity contribution is 1.38. The van der Waals surface area contributed by atoms with Crippen LogP contribution in [0.4, 0.5) is 0 Å². The van der Waals surface area contributed by atoms with E-state index in [1.807, 2.05) is 31.3 Å². The molecule has 75 valence electrons. The summed E-state index contributed by atoms with van der Waals surface area (Å²) in [4.78, 5) is 8.84. The van der Waals surface area contributed by atoms with Crippen molar-refractivity contribution in [3.8, 4) is 0 Å². The molecule has 1 radical (unpaired) electrons. The molecule has 0 aliphatic carbocycles. The van der Waals surface area contributed by atoms with Gasteiger partial charge in [-0.1, -0.05) is 30.5 Å². The number of benzene rings is 1. The van der Waals surface area contributed by atoms with Crippen molar-refractivity contribution in [2.24, 2.45) is 0 Å². The number of hydrogen-bond acceptors (Lipinski definition) is 2. The monoisotopic (exact) mass is 205 g/mol. The summed E-state index contributed by atoms with van der Waals surface area (Å²) in [5.74, 6) is 0. The van der Waals surface area contributed by atoms with E-state index in [0.717, 1.165) is 21.8 Å². The van der Waals surface area contributed by atoms with Crippen molar-refractivity contribution in [2.75, 3.05) is 0 Å². The molecule has 2 aromatic heterocycles. The highest BCUT2D eigenvalue weighted by atomic mass is 14.7. The minimum absolute atomic E-state index is 0.976. The van der Waals surface area contributed by atoms with E-state index < -0.39 is 0 Å². The molecule has 0 aliphatic rings. The highest BCUT2D eigenvalue weighted by Crippen LogP contribution is 2.19. The van der Waals surface area contributed by atoms with Crippen LogP contribution in [-0.2, 0) is 0 Å².